The van der Waals surface area contributed by atoms with Gasteiger partial charge in [-0.15, -0.1) is 0 Å². The molecule has 1 heterocycles. The van der Waals surface area contributed by atoms with Gasteiger partial charge in [0.25, 0.3) is 0 Å². The summed E-state index contributed by atoms with van der Waals surface area (Å²) in [7, 11) is 0. The Morgan fingerprint density at radius 1 is 0.971 bits per heavy atom. The van der Waals surface area contributed by atoms with Crippen molar-refractivity contribution in [3.05, 3.63) is 0 Å². The average Bonchev–Trinajstić information content (AvgIpc) is 2.83. The summed E-state index contributed by atoms with van der Waals surface area (Å²) < 4.78 is 6.64. The largest absolute Gasteiger partial charge is 0.367 e. The molecule has 0 bridgehead atoms. The molecule has 1 fully saturated rings. The molecule has 3 amide bonds. The van der Waals surface area contributed by atoms with Crippen molar-refractivity contribution in [2.45, 2.75) is 143 Å². The van der Waals surface area contributed by atoms with E-state index in [0.29, 0.717) is 6.42 Å². The molecule has 1 unspecified atom stereocenters. The molecule has 1 atom stereocenters. The Balaban J connectivity index is 3.02. The first-order chi connectivity index (χ1) is 14.9. The fraction of sp³-hybridized carbons (Fsp3) is 0.889. The van der Waals surface area contributed by atoms with E-state index in [9.17, 15) is 14.4 Å². The summed E-state index contributed by atoms with van der Waals surface area (Å²) in [5, 5.41) is 2.60. The fourth-order valence-corrected chi connectivity index (χ4v) is 5.50. The molecule has 198 valence electrons. The summed E-state index contributed by atoms with van der Waals surface area (Å²) in [6.45, 7) is 26.2. The standard InChI is InChI=1S/C27H50N2O4S/c1-14-22(2,3)16-25(8,9)33-27(12,13)26(10,11)28-21(32)23(4,5)17-24(6,7)29-19(30)15-18(34)20(29)31/h18,34H,14-17H2,1-13H3,(H,28,32). The van der Waals surface area contributed by atoms with Gasteiger partial charge in [-0.25, -0.2) is 0 Å². The number of nitrogens with one attached hydrogen (secondary N) is 1. The zero-order chi connectivity index (χ0) is 27.1. The second-order valence-corrected chi connectivity index (χ2v) is 14.4. The highest BCUT2D eigenvalue weighted by atomic mass is 32.1. The molecule has 0 aromatic heterocycles. The van der Waals surface area contributed by atoms with Gasteiger partial charge in [0.15, 0.2) is 0 Å². The van der Waals surface area contributed by atoms with Gasteiger partial charge in [0.2, 0.25) is 17.7 Å². The number of nitrogens with zero attached hydrogens (tertiary/aromatic N) is 1. The van der Waals surface area contributed by atoms with E-state index >= 15 is 0 Å². The summed E-state index contributed by atoms with van der Waals surface area (Å²) >= 11 is 4.24. The van der Waals surface area contributed by atoms with Crippen LogP contribution in [-0.2, 0) is 19.1 Å². The topological polar surface area (TPSA) is 75.7 Å². The Labute approximate surface area is 213 Å². The second-order valence-electron chi connectivity index (χ2n) is 13.8. The number of carbonyl (C=O) groups is 3. The number of carbonyl (C=O) groups excluding carboxylic acids is 3. The van der Waals surface area contributed by atoms with Crippen LogP contribution in [0.15, 0.2) is 0 Å². The molecule has 1 aliphatic heterocycles. The minimum Gasteiger partial charge on any atom is -0.367 e. The van der Waals surface area contributed by atoms with Gasteiger partial charge in [-0.05, 0) is 73.6 Å². The summed E-state index contributed by atoms with van der Waals surface area (Å²) in [6.07, 6.45) is 2.38. The molecule has 1 N–H and O–H groups in total. The fourth-order valence-electron chi connectivity index (χ4n) is 5.23. The van der Waals surface area contributed by atoms with Gasteiger partial charge in [0.05, 0.1) is 22.0 Å². The monoisotopic (exact) mass is 498 g/mol. The number of rotatable bonds is 11. The van der Waals surface area contributed by atoms with Crippen LogP contribution in [0.4, 0.5) is 0 Å². The van der Waals surface area contributed by atoms with Crippen molar-refractivity contribution in [1.82, 2.24) is 10.2 Å². The molecular formula is C27H50N2O4S. The number of hydrogen-bond donors (Lipinski definition) is 2. The smallest absolute Gasteiger partial charge is 0.243 e. The van der Waals surface area contributed by atoms with Gasteiger partial charge >= 0.3 is 0 Å². The molecular weight excluding hydrogens is 448 g/mol. The Morgan fingerprint density at radius 2 is 1.47 bits per heavy atom. The van der Waals surface area contributed by atoms with E-state index in [1.165, 1.54) is 4.90 Å². The molecule has 1 saturated heterocycles. The zero-order valence-electron chi connectivity index (χ0n) is 23.9. The Bertz CT molecular complexity index is 796. The molecule has 6 nitrogen and oxygen atoms in total. The van der Waals surface area contributed by atoms with E-state index < -0.39 is 27.3 Å². The van der Waals surface area contributed by atoms with Gasteiger partial charge in [-0.2, -0.15) is 12.6 Å². The van der Waals surface area contributed by atoms with Crippen LogP contribution in [0.2, 0.25) is 0 Å². The van der Waals surface area contributed by atoms with Crippen LogP contribution in [0.25, 0.3) is 0 Å². The lowest BCUT2D eigenvalue weighted by atomic mass is 9.76. The minimum atomic E-state index is -0.828. The van der Waals surface area contributed by atoms with Crippen LogP contribution in [0.5, 0.6) is 0 Å². The summed E-state index contributed by atoms with van der Waals surface area (Å²) in [4.78, 5) is 39.8. The Kier molecular flexibility index (Phi) is 8.88. The number of hydrogen-bond acceptors (Lipinski definition) is 5. The average molecular weight is 499 g/mol. The summed E-state index contributed by atoms with van der Waals surface area (Å²) in [5.74, 6) is -0.671. The molecule has 7 heteroatoms. The van der Waals surface area contributed by atoms with Crippen molar-refractivity contribution >= 4 is 30.4 Å². The maximum atomic E-state index is 13.5. The molecule has 1 rings (SSSR count). The van der Waals surface area contributed by atoms with E-state index in [0.717, 1.165) is 12.8 Å². The Morgan fingerprint density at radius 3 is 1.88 bits per heavy atom. The summed E-state index contributed by atoms with van der Waals surface area (Å²) in [5.41, 5.74) is -3.18. The van der Waals surface area contributed by atoms with Crippen LogP contribution in [0.3, 0.4) is 0 Å². The van der Waals surface area contributed by atoms with Gasteiger partial charge in [-0.3, -0.25) is 19.3 Å². The predicted octanol–water partition coefficient (Wildman–Crippen LogP) is 5.53. The first-order valence-corrected chi connectivity index (χ1v) is 13.0. The molecule has 1 aliphatic rings. The minimum absolute atomic E-state index is 0.0984. The molecule has 0 aromatic rings. The number of ether oxygens (including phenoxy) is 1. The molecule has 34 heavy (non-hydrogen) atoms. The molecule has 0 aromatic carbocycles. The van der Waals surface area contributed by atoms with Crippen molar-refractivity contribution < 1.29 is 19.1 Å². The van der Waals surface area contributed by atoms with E-state index in [-0.39, 0.29) is 35.2 Å². The van der Waals surface area contributed by atoms with E-state index in [1.807, 2.05) is 55.4 Å². The number of likely N-dealkylation sites (tertiary alicyclic amines) is 1. The van der Waals surface area contributed by atoms with Crippen molar-refractivity contribution in [2.24, 2.45) is 10.8 Å². The maximum Gasteiger partial charge on any atom is 0.243 e. The van der Waals surface area contributed by atoms with Gasteiger partial charge < -0.3 is 10.1 Å². The van der Waals surface area contributed by atoms with Gasteiger partial charge in [0, 0.05) is 17.4 Å². The second kappa shape index (κ2) is 9.76. The Hall–Kier alpha value is -1.08. The van der Waals surface area contributed by atoms with E-state index in [2.05, 4.69) is 52.6 Å². The van der Waals surface area contributed by atoms with Crippen molar-refractivity contribution in [3.8, 4) is 0 Å². The third-order valence-corrected chi connectivity index (χ3v) is 7.94. The molecule has 0 saturated carbocycles. The van der Waals surface area contributed by atoms with Gasteiger partial charge in [-0.1, -0.05) is 41.0 Å². The highest BCUT2D eigenvalue weighted by Gasteiger charge is 2.50. The van der Waals surface area contributed by atoms with Crippen LogP contribution in [0, 0.1) is 10.8 Å². The lowest BCUT2D eigenvalue weighted by molar-refractivity contribution is -0.174. The summed E-state index contributed by atoms with van der Waals surface area (Å²) in [6, 6.07) is 0. The third-order valence-electron chi connectivity index (χ3n) is 7.54. The first kappa shape index (κ1) is 31.0. The molecule has 0 aliphatic carbocycles. The normalized spacial score (nSPS) is 19.1. The quantitative estimate of drug-likeness (QED) is 0.290. The number of thiol groups is 1. The van der Waals surface area contributed by atoms with Crippen LogP contribution >= 0.6 is 12.6 Å². The van der Waals surface area contributed by atoms with Crippen LogP contribution < -0.4 is 5.32 Å². The molecule has 0 spiro atoms. The molecule has 0 radical (unpaired) electrons. The number of amides is 3. The van der Waals surface area contributed by atoms with E-state index in [4.69, 9.17) is 4.74 Å². The highest BCUT2D eigenvalue weighted by molar-refractivity contribution is 7.81. The SMILES string of the molecule is CCC(C)(C)CC(C)(C)OC(C)(C)C(C)(C)NC(=O)C(C)(C)CC(C)(C)N1C(=O)CC(S)C1=O. The highest BCUT2D eigenvalue weighted by Crippen LogP contribution is 2.40. The lowest BCUT2D eigenvalue weighted by Gasteiger charge is -2.49. The van der Waals surface area contributed by atoms with Crippen molar-refractivity contribution in [3.63, 3.8) is 0 Å². The van der Waals surface area contributed by atoms with Crippen LogP contribution in [-0.4, -0.2) is 50.2 Å². The predicted molar refractivity (Wildman–Crippen MR) is 142 cm³/mol. The van der Waals surface area contributed by atoms with E-state index in [1.54, 1.807) is 0 Å². The lowest BCUT2D eigenvalue weighted by Crippen LogP contribution is -2.63. The first-order valence-electron chi connectivity index (χ1n) is 12.5. The zero-order valence-corrected chi connectivity index (χ0v) is 24.8. The number of imide groups is 1. The van der Waals surface area contributed by atoms with Crippen LogP contribution in [0.1, 0.15) is 116 Å². The van der Waals surface area contributed by atoms with Crippen molar-refractivity contribution in [1.29, 1.82) is 0 Å². The third kappa shape index (κ3) is 7.22. The van der Waals surface area contributed by atoms with Gasteiger partial charge in [0.1, 0.15) is 0 Å². The van der Waals surface area contributed by atoms with Crippen molar-refractivity contribution in [2.75, 3.05) is 0 Å². The maximum absolute atomic E-state index is 13.5.